The Morgan fingerprint density at radius 3 is 3.08 bits per heavy atom. The van der Waals surface area contributed by atoms with E-state index < -0.39 is 0 Å². The largest absolute Gasteiger partial charge is 0.335 e. The second-order valence-electron chi connectivity index (χ2n) is 2.71. The zero-order valence-corrected chi connectivity index (χ0v) is 8.92. The Bertz CT molecular complexity index is 406. The molecule has 0 aromatic carbocycles. The van der Waals surface area contributed by atoms with Crippen LogP contribution in [0.1, 0.15) is 12.6 Å². The van der Waals surface area contributed by atoms with Gasteiger partial charge in [-0.25, -0.2) is 4.98 Å². The summed E-state index contributed by atoms with van der Waals surface area (Å²) < 4.78 is 1.14. The lowest BCUT2D eigenvalue weighted by Gasteiger charge is -1.93. The molecular weight excluding hydrogens is 263 g/mol. The van der Waals surface area contributed by atoms with E-state index in [4.69, 9.17) is 0 Å². The summed E-state index contributed by atoms with van der Waals surface area (Å²) in [6.07, 6.45) is 0.992. The number of halogens is 1. The van der Waals surface area contributed by atoms with Crippen molar-refractivity contribution in [1.29, 1.82) is 0 Å². The number of rotatable bonds is 1. The number of hydrogen-bond acceptors (Lipinski definition) is 1. The highest BCUT2D eigenvalue weighted by atomic mass is 127. The third kappa shape index (κ3) is 1.33. The van der Waals surface area contributed by atoms with Crippen molar-refractivity contribution in [2.24, 2.45) is 0 Å². The van der Waals surface area contributed by atoms with E-state index in [0.717, 1.165) is 21.5 Å². The summed E-state index contributed by atoms with van der Waals surface area (Å²) >= 11 is 2.26. The predicted octanol–water partition coefficient (Wildman–Crippen LogP) is 2.73. The maximum Gasteiger partial charge on any atom is 0.138 e. The highest BCUT2D eigenvalue weighted by molar-refractivity contribution is 14.1. The summed E-state index contributed by atoms with van der Waals surface area (Å²) in [6.45, 7) is 2.11. The minimum absolute atomic E-state index is 0.992. The van der Waals surface area contributed by atoms with Crippen LogP contribution >= 0.6 is 22.6 Å². The lowest BCUT2D eigenvalue weighted by Crippen LogP contribution is -1.85. The quantitative estimate of drug-likeness (QED) is 0.794. The molecule has 62 valence electrons. The maximum atomic E-state index is 4.45. The highest BCUT2D eigenvalue weighted by Gasteiger charge is 1.99. The first-order valence-corrected chi connectivity index (χ1v) is 5.01. The van der Waals surface area contributed by atoms with E-state index >= 15 is 0 Å². The molecule has 0 bridgehead atoms. The molecule has 0 saturated heterocycles. The summed E-state index contributed by atoms with van der Waals surface area (Å²) in [4.78, 5) is 7.66. The molecule has 2 aromatic rings. The maximum absolute atomic E-state index is 4.45. The predicted molar refractivity (Wildman–Crippen MR) is 58.2 cm³/mol. The summed E-state index contributed by atoms with van der Waals surface area (Å²) in [5.74, 6) is 0. The van der Waals surface area contributed by atoms with E-state index in [1.165, 1.54) is 5.39 Å². The number of nitrogens with zero attached hydrogens (tertiary/aromatic N) is 1. The molecule has 1 N–H and O–H groups in total. The van der Waals surface area contributed by atoms with Crippen LogP contribution in [0.2, 0.25) is 0 Å². The van der Waals surface area contributed by atoms with Gasteiger partial charge in [0.25, 0.3) is 0 Å². The number of pyridine rings is 1. The SMILES string of the molecule is CCc1ccc2cc(I)[nH]c2n1. The van der Waals surface area contributed by atoms with E-state index in [1.807, 2.05) is 0 Å². The van der Waals surface area contributed by atoms with Crippen LogP contribution < -0.4 is 0 Å². The first-order chi connectivity index (χ1) is 5.79. The number of aryl methyl sites for hydroxylation is 1. The summed E-state index contributed by atoms with van der Waals surface area (Å²) in [5.41, 5.74) is 2.14. The van der Waals surface area contributed by atoms with Crippen molar-refractivity contribution in [2.45, 2.75) is 13.3 Å². The number of aromatic nitrogens is 2. The number of nitrogens with one attached hydrogen (secondary N) is 1. The number of H-pyrrole nitrogens is 1. The molecule has 0 unspecified atom stereocenters. The first-order valence-electron chi connectivity index (χ1n) is 3.93. The van der Waals surface area contributed by atoms with Crippen LogP contribution in [-0.4, -0.2) is 9.97 Å². The summed E-state index contributed by atoms with van der Waals surface area (Å²) in [5, 5.41) is 1.19. The minimum atomic E-state index is 0.992. The van der Waals surface area contributed by atoms with Crippen LogP contribution in [0.3, 0.4) is 0 Å². The van der Waals surface area contributed by atoms with Crippen molar-refractivity contribution in [1.82, 2.24) is 9.97 Å². The molecule has 2 nitrogen and oxygen atoms in total. The van der Waals surface area contributed by atoms with Crippen LogP contribution in [0, 0.1) is 3.70 Å². The summed E-state index contributed by atoms with van der Waals surface area (Å²) in [6, 6.07) is 6.29. The van der Waals surface area contributed by atoms with Crippen LogP contribution in [0.4, 0.5) is 0 Å². The monoisotopic (exact) mass is 272 g/mol. The van der Waals surface area contributed by atoms with Crippen LogP contribution in [-0.2, 0) is 6.42 Å². The molecule has 12 heavy (non-hydrogen) atoms. The number of hydrogen-bond donors (Lipinski definition) is 1. The normalized spacial score (nSPS) is 10.8. The van der Waals surface area contributed by atoms with Gasteiger partial charge < -0.3 is 4.98 Å². The van der Waals surface area contributed by atoms with Gasteiger partial charge in [-0.05, 0) is 47.2 Å². The average molecular weight is 272 g/mol. The Hall–Kier alpha value is -0.580. The molecule has 3 heteroatoms. The molecule has 0 radical (unpaired) electrons. The second kappa shape index (κ2) is 3.05. The van der Waals surface area contributed by atoms with Crippen LogP contribution in [0.5, 0.6) is 0 Å². The molecule has 0 fully saturated rings. The van der Waals surface area contributed by atoms with Crippen molar-refractivity contribution < 1.29 is 0 Å². The van der Waals surface area contributed by atoms with Crippen molar-refractivity contribution in [3.8, 4) is 0 Å². The van der Waals surface area contributed by atoms with Gasteiger partial charge in [0.15, 0.2) is 0 Å². The molecular formula is C9H9IN2. The van der Waals surface area contributed by atoms with Gasteiger partial charge in [-0.3, -0.25) is 0 Å². The van der Waals surface area contributed by atoms with E-state index in [-0.39, 0.29) is 0 Å². The minimum Gasteiger partial charge on any atom is -0.335 e. The topological polar surface area (TPSA) is 28.7 Å². The Labute approximate surface area is 84.5 Å². The zero-order valence-electron chi connectivity index (χ0n) is 6.76. The molecule has 0 atom stereocenters. The van der Waals surface area contributed by atoms with E-state index in [0.29, 0.717) is 0 Å². The smallest absolute Gasteiger partial charge is 0.138 e. The molecule has 0 amide bonds. The van der Waals surface area contributed by atoms with Crippen molar-refractivity contribution >= 4 is 33.6 Å². The van der Waals surface area contributed by atoms with E-state index in [2.05, 4.69) is 57.7 Å². The van der Waals surface area contributed by atoms with Crippen molar-refractivity contribution in [3.05, 3.63) is 27.6 Å². The molecule has 0 saturated carbocycles. The van der Waals surface area contributed by atoms with Gasteiger partial charge in [0, 0.05) is 11.1 Å². The van der Waals surface area contributed by atoms with Crippen molar-refractivity contribution in [2.75, 3.05) is 0 Å². The number of fused-ring (bicyclic) bond motifs is 1. The fourth-order valence-electron chi connectivity index (χ4n) is 1.21. The average Bonchev–Trinajstić information content (AvgIpc) is 2.43. The Kier molecular flexibility index (Phi) is 2.04. The van der Waals surface area contributed by atoms with Gasteiger partial charge in [0.05, 0.1) is 3.70 Å². The van der Waals surface area contributed by atoms with Crippen molar-refractivity contribution in [3.63, 3.8) is 0 Å². The Morgan fingerprint density at radius 2 is 2.33 bits per heavy atom. The molecule has 2 heterocycles. The highest BCUT2D eigenvalue weighted by Crippen LogP contribution is 2.15. The zero-order chi connectivity index (χ0) is 8.55. The third-order valence-corrected chi connectivity index (χ3v) is 2.45. The molecule has 2 aromatic heterocycles. The molecule has 0 aliphatic rings. The van der Waals surface area contributed by atoms with Gasteiger partial charge in [0.2, 0.25) is 0 Å². The van der Waals surface area contributed by atoms with E-state index in [1.54, 1.807) is 0 Å². The standard InChI is InChI=1S/C9H9IN2/c1-2-7-4-3-6-5-8(10)12-9(6)11-7/h3-5H,2H2,1H3,(H,11,12). The first kappa shape index (κ1) is 8.04. The van der Waals surface area contributed by atoms with Crippen LogP contribution in [0.15, 0.2) is 18.2 Å². The third-order valence-electron chi connectivity index (χ3n) is 1.87. The molecule has 2 rings (SSSR count). The molecule has 0 aliphatic carbocycles. The van der Waals surface area contributed by atoms with Crippen LogP contribution in [0.25, 0.3) is 11.0 Å². The van der Waals surface area contributed by atoms with Gasteiger partial charge in [-0.1, -0.05) is 6.92 Å². The lowest BCUT2D eigenvalue weighted by molar-refractivity contribution is 1.05. The Balaban J connectivity index is 2.66. The van der Waals surface area contributed by atoms with Gasteiger partial charge >= 0.3 is 0 Å². The van der Waals surface area contributed by atoms with Gasteiger partial charge in [0.1, 0.15) is 5.65 Å². The van der Waals surface area contributed by atoms with E-state index in [9.17, 15) is 0 Å². The van der Waals surface area contributed by atoms with Gasteiger partial charge in [-0.2, -0.15) is 0 Å². The molecule has 0 spiro atoms. The fraction of sp³-hybridized carbons (Fsp3) is 0.222. The number of aromatic amines is 1. The lowest BCUT2D eigenvalue weighted by atomic mass is 10.2. The second-order valence-corrected chi connectivity index (χ2v) is 3.87. The van der Waals surface area contributed by atoms with Gasteiger partial charge in [-0.15, -0.1) is 0 Å². The summed E-state index contributed by atoms with van der Waals surface area (Å²) in [7, 11) is 0. The Morgan fingerprint density at radius 1 is 1.50 bits per heavy atom. The fourth-order valence-corrected chi connectivity index (χ4v) is 1.80. The molecule has 0 aliphatic heterocycles.